The largest absolute Gasteiger partial charge is 0.455 e. The molecule has 0 spiro atoms. The topological polar surface area (TPSA) is 137 Å². The Kier molecular flexibility index (Phi) is 5.52. The number of carbonyl (C=O) groups excluding carboxylic acids is 1. The minimum atomic E-state index is -0.516. The fourth-order valence-corrected chi connectivity index (χ4v) is 3.52. The summed E-state index contributed by atoms with van der Waals surface area (Å²) in [5, 5.41) is 11.3. The fraction of sp³-hybridized carbons (Fsp3) is 0.0455. The van der Waals surface area contributed by atoms with E-state index in [1.807, 2.05) is 18.2 Å². The molecule has 3 N–H and O–H groups in total. The Balaban J connectivity index is 1.31. The number of benzene rings is 2. The van der Waals surface area contributed by atoms with Crippen LogP contribution in [0.15, 0.2) is 68.7 Å². The van der Waals surface area contributed by atoms with Crippen LogP contribution in [0.1, 0.15) is 5.76 Å². The molecule has 3 aromatic heterocycles. The molecule has 0 saturated heterocycles. The number of carbonyl (C=O) groups is 1. The lowest BCUT2D eigenvalue weighted by Gasteiger charge is -2.06. The van der Waals surface area contributed by atoms with Crippen LogP contribution in [0.3, 0.4) is 0 Å². The molecule has 5 aromatic rings. The molecular formula is C22H15ClFN7O3. The molecule has 0 atom stereocenters. The van der Waals surface area contributed by atoms with Crippen molar-refractivity contribution in [1.82, 2.24) is 25.3 Å². The normalized spacial score (nSPS) is 11.5. The summed E-state index contributed by atoms with van der Waals surface area (Å²) in [7, 11) is 0. The van der Waals surface area contributed by atoms with Crippen LogP contribution >= 0.6 is 11.6 Å². The number of rotatable bonds is 6. The molecule has 0 fully saturated rings. The Bertz CT molecular complexity index is 1540. The van der Waals surface area contributed by atoms with Gasteiger partial charge in [0, 0.05) is 5.56 Å². The number of nitrogens with two attached hydrogens (primary N) is 1. The lowest BCUT2D eigenvalue weighted by molar-refractivity contribution is -0.121. The van der Waals surface area contributed by atoms with Gasteiger partial charge >= 0.3 is 0 Å². The van der Waals surface area contributed by atoms with E-state index in [0.29, 0.717) is 33.9 Å². The Morgan fingerprint density at radius 2 is 2.06 bits per heavy atom. The van der Waals surface area contributed by atoms with Crippen molar-refractivity contribution in [2.45, 2.75) is 6.54 Å². The molecule has 10 nitrogen and oxygen atoms in total. The average Bonchev–Trinajstić information content (AvgIpc) is 3.55. The summed E-state index contributed by atoms with van der Waals surface area (Å²) >= 11 is 5.82. The van der Waals surface area contributed by atoms with Crippen molar-refractivity contribution >= 4 is 40.6 Å². The molecule has 2 aromatic carbocycles. The summed E-state index contributed by atoms with van der Waals surface area (Å²) in [5.74, 6) is 0.318. The van der Waals surface area contributed by atoms with Crippen LogP contribution in [0.2, 0.25) is 5.02 Å². The summed E-state index contributed by atoms with van der Waals surface area (Å²) in [5.41, 5.74) is 10.5. The van der Waals surface area contributed by atoms with Crippen molar-refractivity contribution in [3.8, 4) is 22.8 Å². The van der Waals surface area contributed by atoms with Gasteiger partial charge in [0.1, 0.15) is 23.9 Å². The zero-order chi connectivity index (χ0) is 23.7. The number of fused-ring (bicyclic) bond motifs is 1. The van der Waals surface area contributed by atoms with Crippen molar-refractivity contribution in [2.24, 2.45) is 5.10 Å². The molecule has 12 heteroatoms. The summed E-state index contributed by atoms with van der Waals surface area (Å²) in [6, 6.07) is 14.9. The van der Waals surface area contributed by atoms with Gasteiger partial charge in [-0.1, -0.05) is 23.7 Å². The van der Waals surface area contributed by atoms with Gasteiger partial charge in [-0.25, -0.2) is 19.4 Å². The minimum absolute atomic E-state index is 0.00840. The first kappa shape index (κ1) is 21.3. The number of imidazole rings is 1. The fourth-order valence-electron chi connectivity index (χ4n) is 3.34. The number of hydrogen-bond donors (Lipinski definition) is 2. The SMILES string of the molecule is Nc1nonc1-c1nc2ccccc2n1CC(=O)N/N=C/c1ccc(-c2ccc(F)c(Cl)c2)o1. The first-order valence-electron chi connectivity index (χ1n) is 9.90. The molecule has 5 rings (SSSR count). The number of hydrazone groups is 1. The summed E-state index contributed by atoms with van der Waals surface area (Å²) in [4.78, 5) is 17.1. The van der Waals surface area contributed by atoms with Crippen molar-refractivity contribution < 1.29 is 18.2 Å². The van der Waals surface area contributed by atoms with Gasteiger partial charge in [0.15, 0.2) is 17.3 Å². The molecule has 0 aliphatic carbocycles. The zero-order valence-electron chi connectivity index (χ0n) is 17.3. The first-order chi connectivity index (χ1) is 16.5. The summed E-state index contributed by atoms with van der Waals surface area (Å²) in [6.07, 6.45) is 1.35. The Morgan fingerprint density at radius 1 is 1.21 bits per heavy atom. The van der Waals surface area contributed by atoms with E-state index in [1.165, 1.54) is 18.3 Å². The molecule has 3 heterocycles. The number of nitrogens with zero attached hydrogens (tertiary/aromatic N) is 5. The lowest BCUT2D eigenvalue weighted by Crippen LogP contribution is -2.23. The van der Waals surface area contributed by atoms with Crippen LogP contribution in [-0.2, 0) is 11.3 Å². The number of anilines is 1. The van der Waals surface area contributed by atoms with Crippen molar-refractivity contribution in [3.05, 3.63) is 71.2 Å². The number of amides is 1. The maximum atomic E-state index is 13.4. The Labute approximate surface area is 195 Å². The number of furan rings is 1. The van der Waals surface area contributed by atoms with Crippen LogP contribution in [0.5, 0.6) is 0 Å². The Morgan fingerprint density at radius 3 is 2.85 bits per heavy atom. The smallest absolute Gasteiger partial charge is 0.260 e. The van der Waals surface area contributed by atoms with Crippen LogP contribution in [0.4, 0.5) is 10.2 Å². The van der Waals surface area contributed by atoms with Crippen molar-refractivity contribution in [1.29, 1.82) is 0 Å². The van der Waals surface area contributed by atoms with Gasteiger partial charge < -0.3 is 14.7 Å². The van der Waals surface area contributed by atoms with Crippen molar-refractivity contribution in [3.63, 3.8) is 0 Å². The van der Waals surface area contributed by atoms with Crippen LogP contribution < -0.4 is 11.2 Å². The monoisotopic (exact) mass is 479 g/mol. The van der Waals surface area contributed by atoms with Gasteiger partial charge in [-0.15, -0.1) is 0 Å². The van der Waals surface area contributed by atoms with E-state index in [4.69, 9.17) is 21.8 Å². The van der Waals surface area contributed by atoms with Crippen LogP contribution in [-0.4, -0.2) is 32.0 Å². The van der Waals surface area contributed by atoms with E-state index < -0.39 is 11.7 Å². The number of nitrogen functional groups attached to an aromatic ring is 1. The molecule has 0 bridgehead atoms. The molecule has 0 aliphatic heterocycles. The van der Waals surface area contributed by atoms with E-state index >= 15 is 0 Å². The number of halogens is 2. The molecule has 0 aliphatic rings. The predicted molar refractivity (Wildman–Crippen MR) is 122 cm³/mol. The third-order valence-corrected chi connectivity index (χ3v) is 5.18. The maximum Gasteiger partial charge on any atom is 0.260 e. The molecule has 170 valence electrons. The van der Waals surface area contributed by atoms with E-state index in [-0.39, 0.29) is 23.1 Å². The van der Waals surface area contributed by atoms with Gasteiger partial charge in [-0.2, -0.15) is 5.10 Å². The second-order valence-corrected chi connectivity index (χ2v) is 7.54. The Hall–Kier alpha value is -4.51. The van der Waals surface area contributed by atoms with Crippen LogP contribution in [0.25, 0.3) is 33.9 Å². The molecular weight excluding hydrogens is 465 g/mol. The molecule has 0 saturated carbocycles. The lowest BCUT2D eigenvalue weighted by atomic mass is 10.2. The number of hydrogen-bond acceptors (Lipinski definition) is 8. The summed E-state index contributed by atoms with van der Waals surface area (Å²) in [6.45, 7) is -0.114. The first-order valence-corrected chi connectivity index (χ1v) is 10.3. The standard InChI is InChI=1S/C22H15ClFN7O3/c23-14-9-12(5-7-15(14)24)18-8-6-13(33-18)10-26-28-19(32)11-31-17-4-2-1-3-16(17)27-22(31)20-21(25)30-34-29-20/h1-10H,11H2,(H2,25,30)(H,28,32)/b26-10+. The molecule has 0 unspecified atom stereocenters. The third-order valence-electron chi connectivity index (χ3n) is 4.89. The van der Waals surface area contributed by atoms with E-state index in [2.05, 4.69) is 30.5 Å². The highest BCUT2D eigenvalue weighted by atomic mass is 35.5. The van der Waals surface area contributed by atoms with Crippen molar-refractivity contribution in [2.75, 3.05) is 5.73 Å². The van der Waals surface area contributed by atoms with Gasteiger partial charge in [0.05, 0.1) is 22.3 Å². The number of aromatic nitrogens is 4. The summed E-state index contributed by atoms with van der Waals surface area (Å²) < 4.78 is 25.3. The van der Waals surface area contributed by atoms with Gasteiger partial charge in [-0.05, 0) is 52.8 Å². The molecule has 34 heavy (non-hydrogen) atoms. The number of nitrogens with one attached hydrogen (secondary N) is 1. The molecule has 0 radical (unpaired) electrons. The maximum absolute atomic E-state index is 13.4. The molecule has 1 amide bonds. The number of para-hydroxylation sites is 2. The van der Waals surface area contributed by atoms with Gasteiger partial charge in [0.25, 0.3) is 5.91 Å². The highest BCUT2D eigenvalue weighted by Gasteiger charge is 2.20. The third kappa shape index (κ3) is 4.11. The van der Waals surface area contributed by atoms with E-state index in [0.717, 1.165) is 0 Å². The van der Waals surface area contributed by atoms with Gasteiger partial charge in [0.2, 0.25) is 0 Å². The van der Waals surface area contributed by atoms with Crippen LogP contribution in [0, 0.1) is 5.82 Å². The highest BCUT2D eigenvalue weighted by Crippen LogP contribution is 2.27. The average molecular weight is 480 g/mol. The quantitative estimate of drug-likeness (QED) is 0.278. The minimum Gasteiger partial charge on any atom is -0.455 e. The second kappa shape index (κ2) is 8.79. The zero-order valence-corrected chi connectivity index (χ0v) is 18.0. The highest BCUT2D eigenvalue weighted by molar-refractivity contribution is 6.31. The second-order valence-electron chi connectivity index (χ2n) is 7.13. The predicted octanol–water partition coefficient (Wildman–Crippen LogP) is 3.87. The van der Waals surface area contributed by atoms with Gasteiger partial charge in [-0.3, -0.25) is 4.79 Å². The van der Waals surface area contributed by atoms with E-state index in [9.17, 15) is 9.18 Å². The van der Waals surface area contributed by atoms with E-state index in [1.54, 1.807) is 28.8 Å².